The average molecular weight is 941 g/mol. The van der Waals surface area contributed by atoms with Crippen LogP contribution in [0.3, 0.4) is 0 Å². The summed E-state index contributed by atoms with van der Waals surface area (Å²) in [6.45, 7) is 5.56. The molecule has 18 nitrogen and oxygen atoms in total. The van der Waals surface area contributed by atoms with Gasteiger partial charge in [0.05, 0.1) is 77.1 Å². The first kappa shape index (κ1) is 51.6. The van der Waals surface area contributed by atoms with Crippen LogP contribution in [-0.4, -0.2) is 134 Å². The maximum atomic E-state index is 12.1. The largest absolute Gasteiger partial charge is 0.748 e. The Morgan fingerprint density at radius 1 is 0.810 bits per heavy atom. The van der Waals surface area contributed by atoms with Crippen LogP contribution < -0.4 is 14.8 Å². The monoisotopic (exact) mass is 940 g/mol. The maximum absolute atomic E-state index is 12.1. The molecule has 0 saturated carbocycles. The molecule has 3 aliphatic rings. The molecule has 350 valence electrons. The summed E-state index contributed by atoms with van der Waals surface area (Å²) in [6, 6.07) is 11.3. The Morgan fingerprint density at radius 3 is 2.13 bits per heavy atom. The van der Waals surface area contributed by atoms with Gasteiger partial charge in [0.25, 0.3) is 0 Å². The second-order valence-electron chi connectivity index (χ2n) is 15.1. The topological polar surface area (TPSA) is 265 Å². The Bertz CT molecular complexity index is 2410. The maximum Gasteiger partial charge on any atom is 0.303 e. The third kappa shape index (κ3) is 16.8. The minimum atomic E-state index is -4.86. The summed E-state index contributed by atoms with van der Waals surface area (Å²) < 4.78 is 135. The smallest absolute Gasteiger partial charge is 0.303 e. The van der Waals surface area contributed by atoms with E-state index in [9.17, 15) is 43.7 Å². The third-order valence-electron chi connectivity index (χ3n) is 10.5. The molecule has 2 aliphatic heterocycles. The summed E-state index contributed by atoms with van der Waals surface area (Å²) in [5.41, 5.74) is 2.14. The number of allylic oxidation sites excluding steroid dienone is 3. The lowest BCUT2D eigenvalue weighted by atomic mass is 9.77. The van der Waals surface area contributed by atoms with Crippen LogP contribution in [0.2, 0.25) is 0 Å². The number of benzene rings is 2. The van der Waals surface area contributed by atoms with Crippen LogP contribution in [0.1, 0.15) is 63.0 Å². The number of methoxy groups -OCH3 is 1. The first-order chi connectivity index (χ1) is 29.8. The second-order valence-corrected chi connectivity index (χ2v) is 19.5. The van der Waals surface area contributed by atoms with Crippen LogP contribution in [0, 0.1) is 0 Å². The zero-order valence-corrected chi connectivity index (χ0v) is 37.9. The molecule has 1 unspecified atom stereocenters. The number of carbonyl (C=O) groups is 1. The SMILES string of the molecule is COCCOCCOCCOCC[N+](CCCS(=O)(=O)[O-])=c1ccc2c(/C=C/C=C3/N(CCCCCC(=O)O)c4ccc(S(=O)(=O)[O-])cc4C3(C)CCCS(=O)(=O)[O-])ccoc-2c1. The van der Waals surface area contributed by atoms with Crippen molar-refractivity contribution < 1.29 is 72.2 Å². The van der Waals surface area contributed by atoms with E-state index in [1.807, 2.05) is 33.8 Å². The van der Waals surface area contributed by atoms with Gasteiger partial charge in [0.1, 0.15) is 29.0 Å². The van der Waals surface area contributed by atoms with Crippen molar-refractivity contribution in [1.82, 2.24) is 4.58 Å². The van der Waals surface area contributed by atoms with Gasteiger partial charge >= 0.3 is 5.97 Å². The number of rotatable bonds is 29. The third-order valence-corrected chi connectivity index (χ3v) is 12.9. The fourth-order valence-corrected chi connectivity index (χ4v) is 8.86. The van der Waals surface area contributed by atoms with E-state index in [-0.39, 0.29) is 38.8 Å². The highest BCUT2D eigenvalue weighted by Gasteiger charge is 2.43. The number of aliphatic carboxylic acids is 1. The molecule has 2 heterocycles. The van der Waals surface area contributed by atoms with E-state index in [1.165, 1.54) is 24.5 Å². The van der Waals surface area contributed by atoms with Crippen molar-refractivity contribution in [2.24, 2.45) is 0 Å². The lowest BCUT2D eigenvalue weighted by Gasteiger charge is -2.31. The van der Waals surface area contributed by atoms with E-state index in [2.05, 4.69) is 0 Å². The molecule has 0 amide bonds. The number of fused-ring (bicyclic) bond motifs is 2. The number of unbranched alkanes of at least 4 members (excludes halogenated alkanes) is 2. The molecule has 0 bridgehead atoms. The van der Waals surface area contributed by atoms with Crippen LogP contribution in [0.15, 0.2) is 75.9 Å². The van der Waals surface area contributed by atoms with E-state index < -0.39 is 58.1 Å². The van der Waals surface area contributed by atoms with Gasteiger partial charge in [-0.25, -0.2) is 29.8 Å². The number of carboxylic acid groups (broad SMARTS) is 1. The highest BCUT2D eigenvalue weighted by atomic mass is 32.2. The summed E-state index contributed by atoms with van der Waals surface area (Å²) in [5.74, 6) is -1.60. The van der Waals surface area contributed by atoms with Gasteiger partial charge in [-0.3, -0.25) is 4.79 Å². The van der Waals surface area contributed by atoms with Gasteiger partial charge in [0.2, 0.25) is 5.36 Å². The van der Waals surface area contributed by atoms with E-state index >= 15 is 0 Å². The summed E-state index contributed by atoms with van der Waals surface area (Å²) in [5, 5.41) is 9.82. The molecule has 1 N–H and O–H groups in total. The Balaban J connectivity index is 1.64. The summed E-state index contributed by atoms with van der Waals surface area (Å²) in [7, 11) is -12.3. The van der Waals surface area contributed by atoms with Crippen LogP contribution in [0.4, 0.5) is 5.69 Å². The second kappa shape index (κ2) is 24.3. The molecule has 0 fully saturated rings. The molecule has 1 aliphatic carbocycles. The number of anilines is 1. The number of nitrogens with zero attached hydrogens (tertiary/aromatic N) is 2. The lowest BCUT2D eigenvalue weighted by molar-refractivity contribution is -0.137. The summed E-state index contributed by atoms with van der Waals surface area (Å²) in [4.78, 5) is 12.6. The molecule has 0 saturated heterocycles. The van der Waals surface area contributed by atoms with Gasteiger partial charge in [-0.15, -0.1) is 0 Å². The molecule has 0 radical (unpaired) electrons. The minimum absolute atomic E-state index is 0.00538. The Hall–Kier alpha value is -4.03. The predicted molar refractivity (Wildman–Crippen MR) is 230 cm³/mol. The van der Waals surface area contributed by atoms with Gasteiger partial charge in [0, 0.05) is 66.4 Å². The van der Waals surface area contributed by atoms with Crippen molar-refractivity contribution in [2.45, 2.75) is 62.2 Å². The molecular formula is C42H56N2O16S3-2. The van der Waals surface area contributed by atoms with Crippen molar-refractivity contribution in [3.05, 3.63) is 83.1 Å². The molecule has 1 aromatic rings. The van der Waals surface area contributed by atoms with Crippen LogP contribution in [0.25, 0.3) is 17.4 Å². The van der Waals surface area contributed by atoms with Crippen molar-refractivity contribution in [3.63, 3.8) is 0 Å². The molecule has 1 aromatic carbocycles. The first-order valence-corrected chi connectivity index (χ1v) is 25.1. The Kier molecular flexibility index (Phi) is 19.9. The van der Waals surface area contributed by atoms with Crippen LogP contribution in [-0.2, 0) is 59.5 Å². The summed E-state index contributed by atoms with van der Waals surface area (Å²) in [6.07, 6.45) is 8.65. The molecular weight excluding hydrogens is 885 g/mol. The Morgan fingerprint density at radius 2 is 1.48 bits per heavy atom. The minimum Gasteiger partial charge on any atom is -0.748 e. The summed E-state index contributed by atoms with van der Waals surface area (Å²) >= 11 is 0. The van der Waals surface area contributed by atoms with E-state index in [1.54, 1.807) is 32.2 Å². The number of hydrogen-bond donors (Lipinski definition) is 1. The fourth-order valence-electron chi connectivity index (χ4n) is 7.38. The zero-order chi connectivity index (χ0) is 46.1. The standard InChI is InChI=1S/C42H58N2O16S3/c1-42(17-7-29-61(47,48)49)37-32-35(63(53,54)55)13-15-38(37)44(19-5-3-4-11-41(45)46)40(42)10-6-9-33-16-21-60-39-31-34(12-14-36(33)39)43(18-8-30-62(50,51)52)20-22-57-25-26-59-28-27-58-24-23-56-2/h6,9-10,12-16,21,31-32H,3-5,7-8,11,17-20,22-30H2,1-2H3,(H3-,45,46,47,48,49,50,51,52,53,54,55)/p-2. The molecule has 0 aromatic heterocycles. The van der Waals surface area contributed by atoms with Crippen molar-refractivity contribution in [1.29, 1.82) is 0 Å². The van der Waals surface area contributed by atoms with Crippen molar-refractivity contribution in [2.75, 3.05) is 89.4 Å². The van der Waals surface area contributed by atoms with Crippen molar-refractivity contribution >= 4 is 48.1 Å². The van der Waals surface area contributed by atoms with Gasteiger partial charge in [-0.1, -0.05) is 18.6 Å². The normalized spacial score (nSPS) is 17.0. The van der Waals surface area contributed by atoms with Gasteiger partial charge < -0.3 is 47.0 Å². The molecule has 0 spiro atoms. The fraction of sp³-hybridized carbons (Fsp3) is 0.524. The molecule has 21 heteroatoms. The molecule has 4 rings (SSSR count). The Labute approximate surface area is 369 Å². The molecule has 63 heavy (non-hydrogen) atoms. The van der Waals surface area contributed by atoms with Crippen LogP contribution >= 0.6 is 0 Å². The average Bonchev–Trinajstić information content (AvgIpc) is 3.43. The number of carboxylic acids is 1. The predicted octanol–water partition coefficient (Wildman–Crippen LogP) is 3.34. The first-order valence-electron chi connectivity index (χ1n) is 20.5. The highest BCUT2D eigenvalue weighted by Crippen LogP contribution is 2.51. The highest BCUT2D eigenvalue weighted by molar-refractivity contribution is 7.86. The van der Waals surface area contributed by atoms with E-state index in [0.29, 0.717) is 100 Å². The number of hydrogen-bond acceptors (Lipinski definition) is 16. The van der Waals surface area contributed by atoms with E-state index in [0.717, 1.165) is 11.1 Å². The quantitative estimate of drug-likeness (QED) is 0.0594. The lowest BCUT2D eigenvalue weighted by Crippen LogP contribution is -2.35. The van der Waals surface area contributed by atoms with Crippen molar-refractivity contribution in [3.8, 4) is 11.3 Å². The zero-order valence-electron chi connectivity index (χ0n) is 35.5. The molecule has 1 atom stereocenters. The van der Waals surface area contributed by atoms with Gasteiger partial charge in [-0.05, 0) is 80.1 Å². The van der Waals surface area contributed by atoms with Gasteiger partial charge in [-0.2, -0.15) is 0 Å². The van der Waals surface area contributed by atoms with E-state index in [4.69, 9.17) is 28.5 Å². The van der Waals surface area contributed by atoms with Crippen LogP contribution in [0.5, 0.6) is 0 Å². The number of ether oxygens (including phenoxy) is 4. The van der Waals surface area contributed by atoms with Gasteiger partial charge in [0.15, 0.2) is 6.54 Å².